The Balaban J connectivity index is 2.28. The summed E-state index contributed by atoms with van der Waals surface area (Å²) < 4.78 is 13.4. The molecule has 0 saturated carbocycles. The summed E-state index contributed by atoms with van der Waals surface area (Å²) in [7, 11) is 0. The maximum Gasteiger partial charge on any atom is 0.256 e. The predicted octanol–water partition coefficient (Wildman–Crippen LogP) is 3.09. The Morgan fingerprint density at radius 2 is 1.94 bits per heavy atom. The molecular weight excluding hydrogens is 231 g/mol. The summed E-state index contributed by atoms with van der Waals surface area (Å²) in [6, 6.07) is 7.70. The van der Waals surface area contributed by atoms with Crippen molar-refractivity contribution in [1.29, 1.82) is 0 Å². The highest BCUT2D eigenvalue weighted by Crippen LogP contribution is 2.16. The van der Waals surface area contributed by atoms with Crippen LogP contribution >= 0.6 is 0 Å². The molecule has 4 heteroatoms. The third-order valence-corrected chi connectivity index (χ3v) is 2.82. The van der Waals surface area contributed by atoms with Gasteiger partial charge in [-0.15, -0.1) is 0 Å². The molecule has 0 fully saturated rings. The van der Waals surface area contributed by atoms with Crippen LogP contribution in [0.2, 0.25) is 0 Å². The van der Waals surface area contributed by atoms with Crippen molar-refractivity contribution < 1.29 is 9.18 Å². The maximum absolute atomic E-state index is 13.4. The predicted molar refractivity (Wildman–Crippen MR) is 68.1 cm³/mol. The normalized spacial score (nSPS) is 10.2. The van der Waals surface area contributed by atoms with Crippen LogP contribution in [0.4, 0.5) is 10.1 Å². The Labute approximate surface area is 105 Å². The highest BCUT2D eigenvalue weighted by Gasteiger charge is 2.12. The first-order valence-corrected chi connectivity index (χ1v) is 5.57. The zero-order chi connectivity index (χ0) is 13.1. The minimum absolute atomic E-state index is 0.177. The second kappa shape index (κ2) is 4.96. The number of hydrogen-bond acceptors (Lipinski definition) is 2. The molecule has 1 N–H and O–H groups in total. The van der Waals surface area contributed by atoms with Crippen molar-refractivity contribution in [1.82, 2.24) is 4.98 Å². The number of pyridine rings is 1. The maximum atomic E-state index is 13.4. The first kappa shape index (κ1) is 12.2. The first-order chi connectivity index (χ1) is 8.59. The van der Waals surface area contributed by atoms with Gasteiger partial charge in [0.25, 0.3) is 5.91 Å². The summed E-state index contributed by atoms with van der Waals surface area (Å²) in [5.41, 5.74) is 2.27. The van der Waals surface area contributed by atoms with E-state index in [0.717, 1.165) is 11.3 Å². The molecule has 0 radical (unpaired) electrons. The number of halogens is 1. The number of nitrogens with one attached hydrogen (secondary N) is 1. The van der Waals surface area contributed by atoms with Gasteiger partial charge >= 0.3 is 0 Å². The fourth-order valence-corrected chi connectivity index (χ4v) is 1.64. The van der Waals surface area contributed by atoms with Gasteiger partial charge in [-0.25, -0.2) is 4.39 Å². The second-order valence-corrected chi connectivity index (χ2v) is 4.00. The van der Waals surface area contributed by atoms with Crippen molar-refractivity contribution in [2.24, 2.45) is 0 Å². The number of nitrogens with zero attached hydrogens (tertiary/aromatic N) is 1. The summed E-state index contributed by atoms with van der Waals surface area (Å²) in [4.78, 5) is 16.1. The third kappa shape index (κ3) is 2.37. The van der Waals surface area contributed by atoms with Gasteiger partial charge in [-0.2, -0.15) is 0 Å². The molecule has 0 aliphatic heterocycles. The Morgan fingerprint density at radius 3 is 2.67 bits per heavy atom. The summed E-state index contributed by atoms with van der Waals surface area (Å²) in [6.07, 6.45) is 1.57. The Hall–Kier alpha value is -2.23. The summed E-state index contributed by atoms with van der Waals surface area (Å²) in [5, 5.41) is 2.55. The quantitative estimate of drug-likeness (QED) is 0.882. The molecule has 1 heterocycles. The monoisotopic (exact) mass is 244 g/mol. The lowest BCUT2D eigenvalue weighted by Crippen LogP contribution is -2.15. The van der Waals surface area contributed by atoms with Crippen molar-refractivity contribution in [2.45, 2.75) is 13.8 Å². The van der Waals surface area contributed by atoms with Gasteiger partial charge in [0, 0.05) is 17.5 Å². The van der Waals surface area contributed by atoms with Crippen LogP contribution in [0.1, 0.15) is 21.6 Å². The third-order valence-electron chi connectivity index (χ3n) is 2.82. The lowest BCUT2D eigenvalue weighted by molar-refractivity contribution is 0.102. The van der Waals surface area contributed by atoms with Crippen molar-refractivity contribution in [3.63, 3.8) is 0 Å². The van der Waals surface area contributed by atoms with Crippen molar-refractivity contribution in [3.05, 3.63) is 59.2 Å². The largest absolute Gasteiger partial charge is 0.319 e. The topological polar surface area (TPSA) is 42.0 Å². The number of aryl methyl sites for hydroxylation is 1. The van der Waals surface area contributed by atoms with Crippen LogP contribution < -0.4 is 5.32 Å². The Morgan fingerprint density at radius 1 is 1.22 bits per heavy atom. The van der Waals surface area contributed by atoms with Crippen molar-refractivity contribution >= 4 is 11.6 Å². The number of carbonyl (C=O) groups excluding carboxylic acids is 1. The highest BCUT2D eigenvalue weighted by molar-refractivity contribution is 6.05. The number of carbonyl (C=O) groups is 1. The molecule has 0 unspecified atom stereocenters. The minimum Gasteiger partial charge on any atom is -0.319 e. The van der Waals surface area contributed by atoms with E-state index in [-0.39, 0.29) is 11.6 Å². The lowest BCUT2D eigenvalue weighted by atomic mass is 10.1. The van der Waals surface area contributed by atoms with E-state index in [1.807, 2.05) is 13.8 Å². The summed E-state index contributed by atoms with van der Waals surface area (Å²) in [5.74, 6) is -0.780. The molecule has 0 atom stereocenters. The number of aromatic nitrogens is 1. The van der Waals surface area contributed by atoms with E-state index in [2.05, 4.69) is 10.3 Å². The second-order valence-electron chi connectivity index (χ2n) is 4.00. The van der Waals surface area contributed by atoms with E-state index in [0.29, 0.717) is 5.56 Å². The number of anilines is 1. The van der Waals surface area contributed by atoms with Crippen LogP contribution in [0, 0.1) is 19.7 Å². The molecular formula is C14H13FN2O. The standard InChI is InChI=1S/C14H13FN2O/c1-9-10(2)16-8-7-11(9)14(18)17-13-6-4-3-5-12(13)15/h3-8H,1-2H3,(H,17,18). The van der Waals surface area contributed by atoms with Crippen LogP contribution in [0.5, 0.6) is 0 Å². The Bertz CT molecular complexity index is 596. The molecule has 3 nitrogen and oxygen atoms in total. The first-order valence-electron chi connectivity index (χ1n) is 5.57. The van der Waals surface area contributed by atoms with Gasteiger partial charge in [0.2, 0.25) is 0 Å². The molecule has 18 heavy (non-hydrogen) atoms. The lowest BCUT2D eigenvalue weighted by Gasteiger charge is -2.09. The molecule has 0 spiro atoms. The van der Waals surface area contributed by atoms with E-state index in [4.69, 9.17) is 0 Å². The molecule has 0 saturated heterocycles. The molecule has 0 aliphatic rings. The van der Waals surface area contributed by atoms with Crippen LogP contribution in [-0.4, -0.2) is 10.9 Å². The van der Waals surface area contributed by atoms with Crippen LogP contribution in [0.25, 0.3) is 0 Å². The molecule has 92 valence electrons. The van der Waals surface area contributed by atoms with Gasteiger partial charge in [0.05, 0.1) is 5.69 Å². The zero-order valence-corrected chi connectivity index (χ0v) is 10.2. The average molecular weight is 244 g/mol. The van der Waals surface area contributed by atoms with Gasteiger partial charge in [-0.1, -0.05) is 12.1 Å². The average Bonchev–Trinajstić information content (AvgIpc) is 2.35. The summed E-state index contributed by atoms with van der Waals surface area (Å²) >= 11 is 0. The van der Waals surface area contributed by atoms with Crippen molar-refractivity contribution in [3.8, 4) is 0 Å². The van der Waals surface area contributed by atoms with E-state index in [1.165, 1.54) is 12.1 Å². The smallest absolute Gasteiger partial charge is 0.256 e. The number of benzene rings is 1. The molecule has 1 aromatic carbocycles. The fraction of sp³-hybridized carbons (Fsp3) is 0.143. The van der Waals surface area contributed by atoms with E-state index in [1.54, 1.807) is 24.4 Å². The number of amides is 1. The van der Waals surface area contributed by atoms with E-state index in [9.17, 15) is 9.18 Å². The van der Waals surface area contributed by atoms with Gasteiger partial charge in [-0.3, -0.25) is 9.78 Å². The van der Waals surface area contributed by atoms with Gasteiger partial charge < -0.3 is 5.32 Å². The molecule has 2 rings (SSSR count). The van der Waals surface area contributed by atoms with Crippen LogP contribution in [0.15, 0.2) is 36.5 Å². The zero-order valence-electron chi connectivity index (χ0n) is 10.2. The SMILES string of the molecule is Cc1nccc(C(=O)Nc2ccccc2F)c1C. The van der Waals surface area contributed by atoms with Gasteiger partial charge in [-0.05, 0) is 37.6 Å². The van der Waals surface area contributed by atoms with Crippen molar-refractivity contribution in [2.75, 3.05) is 5.32 Å². The number of rotatable bonds is 2. The molecule has 0 aliphatic carbocycles. The Kier molecular flexibility index (Phi) is 3.37. The van der Waals surface area contributed by atoms with Gasteiger partial charge in [0.1, 0.15) is 5.82 Å². The van der Waals surface area contributed by atoms with E-state index >= 15 is 0 Å². The van der Waals surface area contributed by atoms with Crippen LogP contribution in [0.3, 0.4) is 0 Å². The number of para-hydroxylation sites is 1. The van der Waals surface area contributed by atoms with E-state index < -0.39 is 5.82 Å². The molecule has 2 aromatic rings. The fourth-order valence-electron chi connectivity index (χ4n) is 1.64. The molecule has 1 aromatic heterocycles. The van der Waals surface area contributed by atoms with Crippen LogP contribution in [-0.2, 0) is 0 Å². The summed E-state index contributed by atoms with van der Waals surface area (Å²) in [6.45, 7) is 3.65. The van der Waals surface area contributed by atoms with Gasteiger partial charge in [0.15, 0.2) is 0 Å². The highest BCUT2D eigenvalue weighted by atomic mass is 19.1. The molecule has 1 amide bonds. The molecule has 0 bridgehead atoms. The minimum atomic E-state index is -0.450. The number of hydrogen-bond donors (Lipinski definition) is 1.